The Morgan fingerprint density at radius 1 is 1.07 bits per heavy atom. The molecule has 0 amide bonds. The third-order valence-electron chi connectivity index (χ3n) is 3.03. The topological polar surface area (TPSA) is 26.0 Å². The predicted octanol–water partition coefficient (Wildman–Crippen LogP) is 2.83. The first-order valence-electron chi connectivity index (χ1n) is 4.97. The van der Waals surface area contributed by atoms with Crippen LogP contribution < -0.4 is 5.73 Å². The summed E-state index contributed by atoms with van der Waals surface area (Å²) in [4.78, 5) is 0. The lowest BCUT2D eigenvalue weighted by atomic mass is 9.89. The highest BCUT2D eigenvalue weighted by atomic mass is 19.2. The van der Waals surface area contributed by atoms with Crippen LogP contribution in [0.3, 0.4) is 0 Å². The van der Waals surface area contributed by atoms with Gasteiger partial charge in [-0.15, -0.1) is 0 Å². The minimum absolute atomic E-state index is 0.0301. The number of rotatable bonds is 1. The van der Waals surface area contributed by atoms with Gasteiger partial charge >= 0.3 is 0 Å². The maximum absolute atomic E-state index is 13.5. The number of nitrogens with two attached hydrogens (primary N) is 1. The molecule has 1 aromatic rings. The van der Waals surface area contributed by atoms with Gasteiger partial charge in [0.2, 0.25) is 0 Å². The highest BCUT2D eigenvalue weighted by molar-refractivity contribution is 5.28. The molecular formula is C11H12F3N. The van der Waals surface area contributed by atoms with Gasteiger partial charge in [-0.05, 0) is 18.9 Å². The molecule has 0 bridgehead atoms. The Balaban J connectivity index is 2.51. The quantitative estimate of drug-likeness (QED) is 0.716. The molecule has 0 saturated heterocycles. The van der Waals surface area contributed by atoms with Crippen molar-refractivity contribution >= 4 is 0 Å². The summed E-state index contributed by atoms with van der Waals surface area (Å²) in [5, 5.41) is 0. The fraction of sp³-hybridized carbons (Fsp3) is 0.455. The van der Waals surface area contributed by atoms with E-state index in [1.165, 1.54) is 0 Å². The molecule has 1 aromatic carbocycles. The zero-order valence-corrected chi connectivity index (χ0v) is 8.19. The number of halogens is 3. The summed E-state index contributed by atoms with van der Waals surface area (Å²) in [6.07, 6.45) is 2.89. The second-order valence-electron chi connectivity index (χ2n) is 4.11. The molecule has 2 N–H and O–H groups in total. The Hall–Kier alpha value is -1.03. The van der Waals surface area contributed by atoms with E-state index in [9.17, 15) is 13.2 Å². The minimum atomic E-state index is -1.17. The molecule has 0 atom stereocenters. The van der Waals surface area contributed by atoms with Gasteiger partial charge in [0, 0.05) is 17.2 Å². The van der Waals surface area contributed by atoms with Crippen LogP contribution in [0.2, 0.25) is 0 Å². The molecule has 0 spiro atoms. The first-order valence-corrected chi connectivity index (χ1v) is 4.97. The van der Waals surface area contributed by atoms with Gasteiger partial charge in [-0.25, -0.2) is 13.2 Å². The number of benzene rings is 1. The third kappa shape index (κ3) is 1.74. The lowest BCUT2D eigenvalue weighted by Gasteiger charge is -2.24. The van der Waals surface area contributed by atoms with Crippen molar-refractivity contribution in [2.75, 3.05) is 0 Å². The van der Waals surface area contributed by atoms with Crippen molar-refractivity contribution in [1.29, 1.82) is 0 Å². The molecule has 2 rings (SSSR count). The maximum atomic E-state index is 13.5. The second kappa shape index (κ2) is 3.52. The molecule has 1 fully saturated rings. The molecule has 82 valence electrons. The maximum Gasteiger partial charge on any atom is 0.164 e. The lowest BCUT2D eigenvalue weighted by Crippen LogP contribution is -2.34. The van der Waals surface area contributed by atoms with Crippen LogP contribution in [-0.4, -0.2) is 0 Å². The average Bonchev–Trinajstić information content (AvgIpc) is 2.59. The Labute approximate surface area is 86.1 Å². The fourth-order valence-corrected chi connectivity index (χ4v) is 2.19. The van der Waals surface area contributed by atoms with Crippen LogP contribution in [0.1, 0.15) is 31.2 Å². The van der Waals surface area contributed by atoms with Gasteiger partial charge in [-0.3, -0.25) is 0 Å². The number of hydrogen-bond donors (Lipinski definition) is 1. The Morgan fingerprint density at radius 3 is 2.27 bits per heavy atom. The summed E-state index contributed by atoms with van der Waals surface area (Å²) in [6, 6.07) is 1.54. The Bertz CT molecular complexity index is 384. The predicted molar refractivity (Wildman–Crippen MR) is 50.6 cm³/mol. The van der Waals surface area contributed by atoms with E-state index in [-0.39, 0.29) is 5.56 Å². The van der Waals surface area contributed by atoms with E-state index in [0.29, 0.717) is 18.9 Å². The largest absolute Gasteiger partial charge is 0.321 e. The molecule has 0 radical (unpaired) electrons. The van der Waals surface area contributed by atoms with Gasteiger partial charge in [-0.1, -0.05) is 12.8 Å². The summed E-state index contributed by atoms with van der Waals surface area (Å²) in [6.45, 7) is 0. The highest BCUT2D eigenvalue weighted by Crippen LogP contribution is 2.38. The van der Waals surface area contributed by atoms with E-state index >= 15 is 0 Å². The normalized spacial score (nSPS) is 19.5. The second-order valence-corrected chi connectivity index (χ2v) is 4.11. The van der Waals surface area contributed by atoms with Crippen LogP contribution in [0.15, 0.2) is 12.1 Å². The van der Waals surface area contributed by atoms with Crippen LogP contribution in [0.5, 0.6) is 0 Å². The van der Waals surface area contributed by atoms with Crippen molar-refractivity contribution in [3.63, 3.8) is 0 Å². The standard InChI is InChI=1S/C11H12F3N/c12-7-5-8(10(14)9(13)6-7)11(15)3-1-2-4-11/h5-6H,1-4,15H2. The molecule has 0 aromatic heterocycles. The molecule has 1 nitrogen and oxygen atoms in total. The van der Waals surface area contributed by atoms with Crippen LogP contribution in [-0.2, 0) is 5.54 Å². The van der Waals surface area contributed by atoms with Crippen LogP contribution in [0, 0.1) is 17.5 Å². The Morgan fingerprint density at radius 2 is 1.67 bits per heavy atom. The SMILES string of the molecule is NC1(c2cc(F)cc(F)c2F)CCCC1. The lowest BCUT2D eigenvalue weighted by molar-refractivity contribution is 0.405. The molecular weight excluding hydrogens is 203 g/mol. The Kier molecular flexibility index (Phi) is 2.46. The molecule has 15 heavy (non-hydrogen) atoms. The van der Waals surface area contributed by atoms with E-state index in [1.807, 2.05) is 0 Å². The van der Waals surface area contributed by atoms with Gasteiger partial charge in [0.05, 0.1) is 0 Å². The summed E-state index contributed by atoms with van der Waals surface area (Å²) in [7, 11) is 0. The average molecular weight is 215 g/mol. The molecule has 1 aliphatic carbocycles. The van der Waals surface area contributed by atoms with Gasteiger partial charge in [0.1, 0.15) is 5.82 Å². The van der Waals surface area contributed by atoms with Crippen LogP contribution >= 0.6 is 0 Å². The molecule has 1 aliphatic rings. The molecule has 0 heterocycles. The molecule has 4 heteroatoms. The van der Waals surface area contributed by atoms with E-state index < -0.39 is 23.0 Å². The third-order valence-corrected chi connectivity index (χ3v) is 3.03. The summed E-state index contributed by atoms with van der Waals surface area (Å²) < 4.78 is 39.4. The fourth-order valence-electron chi connectivity index (χ4n) is 2.19. The zero-order valence-electron chi connectivity index (χ0n) is 8.19. The van der Waals surface area contributed by atoms with Crippen molar-refractivity contribution < 1.29 is 13.2 Å². The van der Waals surface area contributed by atoms with Crippen LogP contribution in [0.25, 0.3) is 0 Å². The van der Waals surface area contributed by atoms with Gasteiger partial charge in [0.25, 0.3) is 0 Å². The van der Waals surface area contributed by atoms with Crippen molar-refractivity contribution in [1.82, 2.24) is 0 Å². The van der Waals surface area contributed by atoms with E-state index in [4.69, 9.17) is 5.73 Å². The smallest absolute Gasteiger partial charge is 0.164 e. The van der Waals surface area contributed by atoms with E-state index in [1.54, 1.807) is 0 Å². The number of hydrogen-bond acceptors (Lipinski definition) is 1. The summed E-state index contributed by atoms with van der Waals surface area (Å²) in [5.74, 6) is -2.96. The van der Waals surface area contributed by atoms with Crippen molar-refractivity contribution in [3.8, 4) is 0 Å². The molecule has 1 saturated carbocycles. The molecule has 0 unspecified atom stereocenters. The first-order chi connectivity index (χ1) is 7.03. The van der Waals surface area contributed by atoms with Gasteiger partial charge in [-0.2, -0.15) is 0 Å². The zero-order chi connectivity index (χ0) is 11.1. The van der Waals surface area contributed by atoms with E-state index in [0.717, 1.165) is 18.9 Å². The van der Waals surface area contributed by atoms with E-state index in [2.05, 4.69) is 0 Å². The van der Waals surface area contributed by atoms with Gasteiger partial charge < -0.3 is 5.73 Å². The minimum Gasteiger partial charge on any atom is -0.321 e. The van der Waals surface area contributed by atoms with Crippen molar-refractivity contribution in [2.45, 2.75) is 31.2 Å². The monoisotopic (exact) mass is 215 g/mol. The van der Waals surface area contributed by atoms with Gasteiger partial charge in [0.15, 0.2) is 11.6 Å². The van der Waals surface area contributed by atoms with Crippen LogP contribution in [0.4, 0.5) is 13.2 Å². The summed E-state index contributed by atoms with van der Waals surface area (Å²) >= 11 is 0. The molecule has 0 aliphatic heterocycles. The first kappa shape index (κ1) is 10.5. The van der Waals surface area contributed by atoms with Crippen molar-refractivity contribution in [2.24, 2.45) is 5.73 Å². The van der Waals surface area contributed by atoms with Crippen molar-refractivity contribution in [3.05, 3.63) is 35.1 Å². The summed E-state index contributed by atoms with van der Waals surface area (Å²) in [5.41, 5.74) is 5.02. The highest BCUT2D eigenvalue weighted by Gasteiger charge is 2.35.